The normalized spacial score (nSPS) is 12.3. The second-order valence-electron chi connectivity index (χ2n) is 4.22. The Morgan fingerprint density at radius 1 is 1.26 bits per heavy atom. The van der Waals surface area contributed by atoms with Crippen LogP contribution in [-0.4, -0.2) is 30.5 Å². The van der Waals surface area contributed by atoms with Crippen LogP contribution in [-0.2, 0) is 4.79 Å². The highest BCUT2D eigenvalue weighted by Crippen LogP contribution is 2.38. The molecule has 19 heavy (non-hydrogen) atoms. The van der Waals surface area contributed by atoms with Crippen LogP contribution in [0, 0.1) is 0 Å². The standard InChI is InChI=1S/C13H19NO4S/c1-7(2)19-8-5-9(17-3)11(10(6-8)18-4)12(14)13(15)16/h5-7,12H,14H2,1-4H3,(H,15,16). The van der Waals surface area contributed by atoms with Crippen molar-refractivity contribution in [1.82, 2.24) is 0 Å². The molecule has 0 aromatic heterocycles. The fourth-order valence-electron chi connectivity index (χ4n) is 1.68. The summed E-state index contributed by atoms with van der Waals surface area (Å²) in [5, 5.41) is 9.45. The topological polar surface area (TPSA) is 81.8 Å². The number of nitrogens with two attached hydrogens (primary N) is 1. The van der Waals surface area contributed by atoms with Gasteiger partial charge >= 0.3 is 5.97 Å². The Morgan fingerprint density at radius 2 is 1.74 bits per heavy atom. The first-order valence-electron chi connectivity index (χ1n) is 5.81. The van der Waals surface area contributed by atoms with E-state index in [1.54, 1.807) is 23.9 Å². The van der Waals surface area contributed by atoms with Crippen LogP contribution >= 0.6 is 11.8 Å². The Bertz CT molecular complexity index is 437. The highest BCUT2D eigenvalue weighted by molar-refractivity contribution is 7.99. The molecule has 0 radical (unpaired) electrons. The Kier molecular flexibility index (Phi) is 5.50. The number of benzene rings is 1. The maximum atomic E-state index is 11.1. The largest absolute Gasteiger partial charge is 0.496 e. The Morgan fingerprint density at radius 3 is 2.05 bits per heavy atom. The van der Waals surface area contributed by atoms with Crippen LogP contribution in [0.4, 0.5) is 0 Å². The fourth-order valence-corrected chi connectivity index (χ4v) is 2.58. The molecule has 1 rings (SSSR count). The van der Waals surface area contributed by atoms with Crippen LogP contribution in [0.3, 0.4) is 0 Å². The summed E-state index contributed by atoms with van der Waals surface area (Å²) in [4.78, 5) is 12.0. The van der Waals surface area contributed by atoms with Gasteiger partial charge in [-0.05, 0) is 12.1 Å². The first-order chi connectivity index (χ1) is 8.90. The van der Waals surface area contributed by atoms with E-state index in [9.17, 15) is 4.79 Å². The summed E-state index contributed by atoms with van der Waals surface area (Å²) in [6.07, 6.45) is 0. The third-order valence-electron chi connectivity index (χ3n) is 2.47. The maximum Gasteiger partial charge on any atom is 0.325 e. The molecular weight excluding hydrogens is 266 g/mol. The average molecular weight is 285 g/mol. The van der Waals surface area contributed by atoms with Crippen molar-refractivity contribution in [3.8, 4) is 11.5 Å². The Hall–Kier alpha value is -1.40. The van der Waals surface area contributed by atoms with Gasteiger partial charge in [-0.1, -0.05) is 13.8 Å². The lowest BCUT2D eigenvalue weighted by molar-refractivity contribution is -0.138. The summed E-state index contributed by atoms with van der Waals surface area (Å²) in [6.45, 7) is 4.14. The molecule has 1 atom stereocenters. The van der Waals surface area contributed by atoms with E-state index in [1.165, 1.54) is 14.2 Å². The number of aliphatic carboxylic acids is 1. The summed E-state index contributed by atoms with van der Waals surface area (Å²) in [5.41, 5.74) is 6.03. The minimum atomic E-state index is -1.18. The molecule has 106 valence electrons. The van der Waals surface area contributed by atoms with Gasteiger partial charge in [0.25, 0.3) is 0 Å². The van der Waals surface area contributed by atoms with Crippen molar-refractivity contribution in [3.05, 3.63) is 17.7 Å². The second kappa shape index (κ2) is 6.68. The number of thioether (sulfide) groups is 1. The predicted molar refractivity (Wildman–Crippen MR) is 75.1 cm³/mol. The molecule has 0 saturated carbocycles. The second-order valence-corrected chi connectivity index (χ2v) is 5.87. The molecule has 0 aliphatic heterocycles. The predicted octanol–water partition coefficient (Wildman–Crippen LogP) is 2.29. The first-order valence-corrected chi connectivity index (χ1v) is 6.69. The smallest absolute Gasteiger partial charge is 0.325 e. The molecular formula is C13H19NO4S. The van der Waals surface area contributed by atoms with E-state index in [4.69, 9.17) is 20.3 Å². The van der Waals surface area contributed by atoms with Gasteiger partial charge in [0, 0.05) is 10.1 Å². The van der Waals surface area contributed by atoms with Crippen LogP contribution in [0.25, 0.3) is 0 Å². The maximum absolute atomic E-state index is 11.1. The molecule has 0 aliphatic carbocycles. The molecule has 0 heterocycles. The number of rotatable bonds is 6. The van der Waals surface area contributed by atoms with Gasteiger partial charge in [0.2, 0.25) is 0 Å². The number of hydrogen-bond acceptors (Lipinski definition) is 5. The first kappa shape index (κ1) is 15.7. The third-order valence-corrected chi connectivity index (χ3v) is 3.45. The number of carboxylic acids is 1. The molecule has 0 fully saturated rings. The molecule has 5 nitrogen and oxygen atoms in total. The number of carboxylic acid groups (broad SMARTS) is 1. The van der Waals surface area contributed by atoms with Gasteiger partial charge in [-0.3, -0.25) is 4.79 Å². The Labute approximate surface area is 117 Å². The molecule has 1 aromatic rings. The van der Waals surface area contributed by atoms with Gasteiger partial charge in [0.1, 0.15) is 17.5 Å². The van der Waals surface area contributed by atoms with Crippen LogP contribution in [0.15, 0.2) is 17.0 Å². The summed E-state index contributed by atoms with van der Waals surface area (Å²) < 4.78 is 10.5. The quantitative estimate of drug-likeness (QED) is 0.780. The SMILES string of the molecule is COc1cc(SC(C)C)cc(OC)c1C(N)C(=O)O. The van der Waals surface area contributed by atoms with Gasteiger partial charge in [-0.2, -0.15) is 0 Å². The highest BCUT2D eigenvalue weighted by Gasteiger charge is 2.24. The molecule has 1 aromatic carbocycles. The summed E-state index contributed by atoms with van der Waals surface area (Å²) in [5.74, 6) is -0.268. The number of methoxy groups -OCH3 is 2. The lowest BCUT2D eigenvalue weighted by Gasteiger charge is -2.18. The molecule has 0 spiro atoms. The fraction of sp³-hybridized carbons (Fsp3) is 0.462. The number of ether oxygens (including phenoxy) is 2. The summed E-state index contributed by atoms with van der Waals surface area (Å²) in [6, 6.07) is 2.39. The van der Waals surface area contributed by atoms with Crippen molar-refractivity contribution in [3.63, 3.8) is 0 Å². The highest BCUT2D eigenvalue weighted by atomic mass is 32.2. The van der Waals surface area contributed by atoms with Crippen LogP contribution in [0.2, 0.25) is 0 Å². The van der Waals surface area contributed by atoms with Crippen molar-refractivity contribution in [1.29, 1.82) is 0 Å². The molecule has 0 saturated heterocycles. The molecule has 6 heteroatoms. The van der Waals surface area contributed by atoms with Crippen LogP contribution in [0.1, 0.15) is 25.5 Å². The van der Waals surface area contributed by atoms with Gasteiger partial charge in [-0.15, -0.1) is 11.8 Å². The third kappa shape index (κ3) is 3.78. The summed E-state index contributed by atoms with van der Waals surface area (Å²) in [7, 11) is 2.97. The zero-order chi connectivity index (χ0) is 14.6. The number of hydrogen-bond donors (Lipinski definition) is 2. The zero-order valence-electron chi connectivity index (χ0n) is 11.5. The minimum Gasteiger partial charge on any atom is -0.496 e. The molecule has 3 N–H and O–H groups in total. The molecule has 0 bridgehead atoms. The summed E-state index contributed by atoms with van der Waals surface area (Å²) >= 11 is 1.64. The molecule has 0 amide bonds. The van der Waals surface area contributed by atoms with Crippen molar-refractivity contribution < 1.29 is 19.4 Å². The molecule has 1 unspecified atom stereocenters. The number of carbonyl (C=O) groups is 1. The Balaban J connectivity index is 3.33. The lowest BCUT2D eigenvalue weighted by atomic mass is 10.1. The zero-order valence-corrected chi connectivity index (χ0v) is 12.3. The van der Waals surface area contributed by atoms with E-state index in [-0.39, 0.29) is 0 Å². The van der Waals surface area contributed by atoms with Gasteiger partial charge in [0.15, 0.2) is 0 Å². The van der Waals surface area contributed by atoms with E-state index in [0.29, 0.717) is 22.3 Å². The van der Waals surface area contributed by atoms with Crippen molar-refractivity contribution in [2.75, 3.05) is 14.2 Å². The molecule has 0 aliphatic rings. The van der Waals surface area contributed by atoms with Gasteiger partial charge in [0.05, 0.1) is 19.8 Å². The van der Waals surface area contributed by atoms with Crippen molar-refractivity contribution in [2.24, 2.45) is 5.73 Å². The van der Waals surface area contributed by atoms with Crippen LogP contribution < -0.4 is 15.2 Å². The van der Waals surface area contributed by atoms with Crippen molar-refractivity contribution in [2.45, 2.75) is 30.0 Å². The van der Waals surface area contributed by atoms with E-state index in [2.05, 4.69) is 13.8 Å². The lowest BCUT2D eigenvalue weighted by Crippen LogP contribution is -2.22. The van der Waals surface area contributed by atoms with Crippen LogP contribution in [0.5, 0.6) is 11.5 Å². The van der Waals surface area contributed by atoms with Gasteiger partial charge < -0.3 is 20.3 Å². The van der Waals surface area contributed by atoms with E-state index >= 15 is 0 Å². The van der Waals surface area contributed by atoms with E-state index in [1.807, 2.05) is 0 Å². The van der Waals surface area contributed by atoms with E-state index < -0.39 is 12.0 Å². The minimum absolute atomic E-state index is 0.352. The van der Waals surface area contributed by atoms with E-state index in [0.717, 1.165) is 4.90 Å². The average Bonchev–Trinajstić information content (AvgIpc) is 2.35. The van der Waals surface area contributed by atoms with Crippen molar-refractivity contribution >= 4 is 17.7 Å². The monoisotopic (exact) mass is 285 g/mol. The van der Waals surface area contributed by atoms with Gasteiger partial charge in [-0.25, -0.2) is 0 Å².